The molecule has 2 unspecified atom stereocenters. The van der Waals surface area contributed by atoms with Gasteiger partial charge in [-0.2, -0.15) is 0 Å². The van der Waals surface area contributed by atoms with Crippen LogP contribution in [0.25, 0.3) is 0 Å². The fourth-order valence-corrected chi connectivity index (χ4v) is 1.67. The van der Waals surface area contributed by atoms with Crippen LogP contribution < -0.4 is 11.5 Å². The van der Waals surface area contributed by atoms with Gasteiger partial charge in [0.15, 0.2) is 0 Å². The van der Waals surface area contributed by atoms with Gasteiger partial charge < -0.3 is 11.5 Å². The van der Waals surface area contributed by atoms with E-state index >= 15 is 0 Å². The first-order chi connectivity index (χ1) is 7.60. The van der Waals surface area contributed by atoms with Crippen LogP contribution in [0, 0.1) is 0 Å². The summed E-state index contributed by atoms with van der Waals surface area (Å²) in [5.74, 6) is 0. The van der Waals surface area contributed by atoms with Gasteiger partial charge in [0.25, 0.3) is 0 Å². The number of hydrogen-bond acceptors (Lipinski definition) is 5. The predicted octanol–water partition coefficient (Wildman–Crippen LogP) is -0.726. The van der Waals surface area contributed by atoms with E-state index in [1.807, 2.05) is 9.34 Å². The summed E-state index contributed by atoms with van der Waals surface area (Å²) < 4.78 is 17.2. The first-order valence-corrected chi connectivity index (χ1v) is 6.43. The SMILES string of the molecule is NCCN(P)CCN(F)CCN(P)CCN. The molecule has 5 nitrogen and oxygen atoms in total. The van der Waals surface area contributed by atoms with Gasteiger partial charge in [0, 0.05) is 52.4 Å². The van der Waals surface area contributed by atoms with Crippen LogP contribution in [0.3, 0.4) is 0 Å². The summed E-state index contributed by atoms with van der Waals surface area (Å²) in [6.45, 7) is 4.81. The van der Waals surface area contributed by atoms with Crippen LogP contribution in [0.2, 0.25) is 0 Å². The van der Waals surface area contributed by atoms with Gasteiger partial charge in [-0.15, -0.1) is 9.60 Å². The molecule has 4 N–H and O–H groups in total. The minimum Gasteiger partial charge on any atom is -0.329 e. The van der Waals surface area contributed by atoms with Crippen molar-refractivity contribution in [3.63, 3.8) is 0 Å². The standard InChI is InChI=1S/C8H24FN5P2/c9-12(5-7-13(15)3-1-10)6-8-14(16)4-2-11/h1-8,10-11,15-16H2. The van der Waals surface area contributed by atoms with Gasteiger partial charge in [0.1, 0.15) is 0 Å². The lowest BCUT2D eigenvalue weighted by atomic mass is 10.5. The molecule has 0 spiro atoms. The molecule has 0 aliphatic rings. The minimum absolute atomic E-state index is 0.393. The molecule has 98 valence electrons. The summed E-state index contributed by atoms with van der Waals surface area (Å²) in [5, 5.41) is 0.821. The molecule has 0 aromatic rings. The van der Waals surface area contributed by atoms with E-state index in [2.05, 4.69) is 18.8 Å². The number of hydrogen-bond donors (Lipinski definition) is 2. The van der Waals surface area contributed by atoms with E-state index in [1.54, 1.807) is 0 Å². The summed E-state index contributed by atoms with van der Waals surface area (Å²) in [6.07, 6.45) is 0. The molecule has 8 heteroatoms. The molecular weight excluding hydrogens is 247 g/mol. The van der Waals surface area contributed by atoms with Crippen molar-refractivity contribution in [2.45, 2.75) is 0 Å². The summed E-state index contributed by atoms with van der Waals surface area (Å²) in [5.41, 5.74) is 10.8. The summed E-state index contributed by atoms with van der Waals surface area (Å²) >= 11 is 0. The molecule has 0 aliphatic carbocycles. The molecule has 0 amide bonds. The van der Waals surface area contributed by atoms with E-state index in [0.29, 0.717) is 39.3 Å². The lowest BCUT2D eigenvalue weighted by Gasteiger charge is -2.20. The minimum atomic E-state index is 0.393. The molecule has 0 aromatic heterocycles. The highest BCUT2D eigenvalue weighted by Gasteiger charge is 2.06. The Morgan fingerprint density at radius 1 is 0.750 bits per heavy atom. The largest absolute Gasteiger partial charge is 0.329 e. The van der Waals surface area contributed by atoms with E-state index in [4.69, 9.17) is 11.5 Å². The molecule has 16 heavy (non-hydrogen) atoms. The third-order valence-corrected chi connectivity index (χ3v) is 3.13. The Morgan fingerprint density at radius 2 is 1.12 bits per heavy atom. The van der Waals surface area contributed by atoms with E-state index in [0.717, 1.165) is 18.2 Å². The van der Waals surface area contributed by atoms with Crippen molar-refractivity contribution in [2.75, 3.05) is 52.4 Å². The van der Waals surface area contributed by atoms with Gasteiger partial charge in [0.2, 0.25) is 0 Å². The van der Waals surface area contributed by atoms with Crippen molar-refractivity contribution < 1.29 is 4.48 Å². The third-order valence-electron chi connectivity index (χ3n) is 2.09. The molecule has 0 aliphatic heterocycles. The molecule has 0 radical (unpaired) electrons. The Labute approximate surface area is 102 Å². The Morgan fingerprint density at radius 3 is 1.44 bits per heavy atom. The Hall–Kier alpha value is 0.590. The zero-order valence-electron chi connectivity index (χ0n) is 9.69. The highest BCUT2D eigenvalue weighted by atomic mass is 31.0. The van der Waals surface area contributed by atoms with Crippen molar-refractivity contribution in [3.05, 3.63) is 0 Å². The average molecular weight is 271 g/mol. The molecule has 0 heterocycles. The number of rotatable bonds is 10. The zero-order chi connectivity index (χ0) is 12.4. The van der Waals surface area contributed by atoms with Crippen molar-refractivity contribution in [2.24, 2.45) is 11.5 Å². The quantitative estimate of drug-likeness (QED) is 0.405. The summed E-state index contributed by atoms with van der Waals surface area (Å²) in [4.78, 5) is 0. The van der Waals surface area contributed by atoms with Gasteiger partial charge in [-0.05, 0) is 0 Å². The van der Waals surface area contributed by atoms with Crippen molar-refractivity contribution >= 4 is 18.8 Å². The fourth-order valence-electron chi connectivity index (χ4n) is 1.14. The Bertz CT molecular complexity index is 149. The van der Waals surface area contributed by atoms with Crippen molar-refractivity contribution in [3.8, 4) is 0 Å². The second-order valence-electron chi connectivity index (χ2n) is 3.56. The molecule has 2 atom stereocenters. The highest BCUT2D eigenvalue weighted by Crippen LogP contribution is 2.01. The summed E-state index contributed by atoms with van der Waals surface area (Å²) in [6, 6.07) is 0. The monoisotopic (exact) mass is 271 g/mol. The zero-order valence-corrected chi connectivity index (χ0v) is 12.0. The smallest absolute Gasteiger partial charge is 0.0421 e. The van der Waals surface area contributed by atoms with Crippen LogP contribution in [0.5, 0.6) is 0 Å². The maximum absolute atomic E-state index is 13.3. The topological polar surface area (TPSA) is 61.8 Å². The number of nitrogens with two attached hydrogens (primary N) is 2. The second-order valence-corrected chi connectivity index (χ2v) is 5.02. The molecule has 0 saturated heterocycles. The average Bonchev–Trinajstić information content (AvgIpc) is 2.24. The van der Waals surface area contributed by atoms with Crippen LogP contribution in [-0.2, 0) is 0 Å². The molecule has 0 saturated carbocycles. The third kappa shape index (κ3) is 9.79. The molecule has 0 fully saturated rings. The lowest BCUT2D eigenvalue weighted by Crippen LogP contribution is -2.33. The molecular formula is C8H24FN5P2. The van der Waals surface area contributed by atoms with Crippen LogP contribution in [0.1, 0.15) is 0 Å². The maximum atomic E-state index is 13.3. The highest BCUT2D eigenvalue weighted by molar-refractivity contribution is 7.13. The maximum Gasteiger partial charge on any atom is 0.0421 e. The molecule has 0 aromatic carbocycles. The van der Waals surface area contributed by atoms with E-state index < -0.39 is 0 Å². The Balaban J connectivity index is 3.46. The fraction of sp³-hybridized carbons (Fsp3) is 1.00. The van der Waals surface area contributed by atoms with E-state index in [1.165, 1.54) is 0 Å². The van der Waals surface area contributed by atoms with Gasteiger partial charge in [-0.3, -0.25) is 9.34 Å². The normalized spacial score (nSPS) is 12.0. The van der Waals surface area contributed by atoms with Crippen LogP contribution in [0.15, 0.2) is 0 Å². The predicted molar refractivity (Wildman–Crippen MR) is 73.4 cm³/mol. The van der Waals surface area contributed by atoms with Gasteiger partial charge >= 0.3 is 0 Å². The van der Waals surface area contributed by atoms with Crippen LogP contribution in [-0.4, -0.2) is 66.8 Å². The first-order valence-electron chi connectivity index (χ1n) is 5.40. The lowest BCUT2D eigenvalue weighted by molar-refractivity contribution is 0.0194. The van der Waals surface area contributed by atoms with Crippen molar-refractivity contribution in [1.82, 2.24) is 14.5 Å². The van der Waals surface area contributed by atoms with Crippen LogP contribution in [0.4, 0.5) is 4.48 Å². The number of halogens is 1. The second kappa shape index (κ2) is 10.7. The van der Waals surface area contributed by atoms with Crippen LogP contribution >= 0.6 is 18.8 Å². The first kappa shape index (κ1) is 16.6. The van der Waals surface area contributed by atoms with Gasteiger partial charge in [-0.1, -0.05) is 18.8 Å². The Kier molecular flexibility index (Phi) is 11.1. The molecule has 0 bridgehead atoms. The van der Waals surface area contributed by atoms with Crippen molar-refractivity contribution in [1.29, 1.82) is 0 Å². The summed E-state index contributed by atoms with van der Waals surface area (Å²) in [7, 11) is 5.09. The van der Waals surface area contributed by atoms with E-state index in [9.17, 15) is 4.48 Å². The van der Waals surface area contributed by atoms with E-state index in [-0.39, 0.29) is 0 Å². The molecule has 0 rings (SSSR count). The van der Waals surface area contributed by atoms with Gasteiger partial charge in [0.05, 0.1) is 0 Å². The van der Waals surface area contributed by atoms with Gasteiger partial charge in [-0.25, -0.2) is 0 Å². The number of nitrogens with zero attached hydrogens (tertiary/aromatic N) is 3.